The number of nitrogens with zero attached hydrogens (tertiary/aromatic N) is 5. The van der Waals surface area contributed by atoms with Crippen LogP contribution in [-0.2, 0) is 0 Å². The fourth-order valence-electron chi connectivity index (χ4n) is 9.62. The summed E-state index contributed by atoms with van der Waals surface area (Å²) in [5.74, 6) is 1.49. The molecule has 0 saturated carbocycles. The maximum absolute atomic E-state index is 5.60. The van der Waals surface area contributed by atoms with Crippen LogP contribution in [0.4, 0.5) is 0 Å². The van der Waals surface area contributed by atoms with E-state index in [0.29, 0.717) is 5.95 Å². The van der Waals surface area contributed by atoms with Gasteiger partial charge in [-0.1, -0.05) is 133 Å². The van der Waals surface area contributed by atoms with Crippen molar-refractivity contribution in [3.8, 4) is 17.5 Å². The molecule has 13 aromatic rings. The minimum atomic E-state index is 0.631. The molecule has 4 heterocycles. The van der Waals surface area contributed by atoms with Crippen molar-refractivity contribution in [1.82, 2.24) is 23.7 Å². The molecule has 0 bridgehead atoms. The second-order valence-electron chi connectivity index (χ2n) is 15.0. The van der Waals surface area contributed by atoms with Crippen molar-refractivity contribution in [3.05, 3.63) is 188 Å². The molecular weight excluding hydrogens is 695 g/mol. The molecule has 57 heavy (non-hydrogen) atoms. The quantitative estimate of drug-likeness (QED) is 0.182. The fraction of sp³-hybridized carbons (Fsp3) is 0. The van der Waals surface area contributed by atoms with Crippen LogP contribution in [0.5, 0.6) is 0 Å². The normalized spacial score (nSPS) is 12.2. The molecule has 4 aromatic heterocycles. The zero-order valence-electron chi connectivity index (χ0n) is 30.6. The highest BCUT2D eigenvalue weighted by Gasteiger charge is 2.22. The summed E-state index contributed by atoms with van der Waals surface area (Å²) in [5, 5.41) is 13.2. The number of benzene rings is 9. The van der Waals surface area contributed by atoms with Gasteiger partial charge in [0, 0.05) is 43.4 Å². The van der Waals surface area contributed by atoms with Gasteiger partial charge in [-0.05, 0) is 76.1 Å². The van der Waals surface area contributed by atoms with Crippen molar-refractivity contribution < 1.29 is 0 Å². The third kappa shape index (κ3) is 4.17. The van der Waals surface area contributed by atoms with Crippen LogP contribution in [0.1, 0.15) is 0 Å². The number of hydrogen-bond acceptors (Lipinski definition) is 2. The van der Waals surface area contributed by atoms with Crippen molar-refractivity contribution in [3.63, 3.8) is 0 Å². The number of para-hydroxylation sites is 4. The Labute approximate surface area is 325 Å². The molecule has 0 aliphatic rings. The van der Waals surface area contributed by atoms with Gasteiger partial charge in [0.25, 0.3) is 0 Å². The summed E-state index contributed by atoms with van der Waals surface area (Å²) in [7, 11) is 0. The topological polar surface area (TPSA) is 40.6 Å². The van der Waals surface area contributed by atoms with E-state index in [1.165, 1.54) is 59.5 Å². The first-order valence-electron chi connectivity index (χ1n) is 19.4. The van der Waals surface area contributed by atoms with Gasteiger partial charge in [-0.25, -0.2) is 4.98 Å². The van der Waals surface area contributed by atoms with Crippen LogP contribution < -0.4 is 0 Å². The third-order valence-electron chi connectivity index (χ3n) is 12.0. The maximum atomic E-state index is 5.60. The van der Waals surface area contributed by atoms with E-state index in [4.69, 9.17) is 9.97 Å². The Morgan fingerprint density at radius 1 is 0.298 bits per heavy atom. The average molecular weight is 726 g/mol. The lowest BCUT2D eigenvalue weighted by atomic mass is 10.0. The summed E-state index contributed by atoms with van der Waals surface area (Å²) in [6.45, 7) is 0. The van der Waals surface area contributed by atoms with Gasteiger partial charge in [0.15, 0.2) is 5.82 Å². The molecule has 0 amide bonds. The molecule has 5 nitrogen and oxygen atoms in total. The Kier molecular flexibility index (Phi) is 6.10. The predicted molar refractivity (Wildman–Crippen MR) is 238 cm³/mol. The van der Waals surface area contributed by atoms with E-state index < -0.39 is 0 Å². The van der Waals surface area contributed by atoms with E-state index in [0.717, 1.165) is 49.9 Å². The molecule has 0 aliphatic carbocycles. The highest BCUT2D eigenvalue weighted by molar-refractivity contribution is 6.23. The van der Waals surface area contributed by atoms with E-state index in [1.54, 1.807) is 0 Å². The van der Waals surface area contributed by atoms with E-state index in [1.807, 2.05) is 0 Å². The van der Waals surface area contributed by atoms with Crippen LogP contribution in [0.2, 0.25) is 0 Å². The molecule has 13 rings (SSSR count). The molecule has 0 saturated heterocycles. The van der Waals surface area contributed by atoms with Gasteiger partial charge in [0.05, 0.1) is 38.6 Å². The number of fused-ring (bicyclic) bond motifs is 14. The summed E-state index contributed by atoms with van der Waals surface area (Å²) in [6.07, 6.45) is 0. The Bertz CT molecular complexity index is 3770. The molecule has 0 radical (unpaired) electrons. The van der Waals surface area contributed by atoms with Crippen LogP contribution in [0.15, 0.2) is 188 Å². The molecular formula is C52H31N5. The van der Waals surface area contributed by atoms with Crippen LogP contribution in [0, 0.1) is 0 Å². The molecule has 264 valence electrons. The molecule has 0 aliphatic heterocycles. The third-order valence-corrected chi connectivity index (χ3v) is 12.0. The van der Waals surface area contributed by atoms with Gasteiger partial charge in [0.1, 0.15) is 0 Å². The minimum Gasteiger partial charge on any atom is -0.309 e. The first-order valence-corrected chi connectivity index (χ1v) is 19.4. The van der Waals surface area contributed by atoms with Crippen molar-refractivity contribution >= 4 is 97.9 Å². The fourth-order valence-corrected chi connectivity index (χ4v) is 9.62. The highest BCUT2D eigenvalue weighted by Crippen LogP contribution is 2.41. The molecule has 5 heteroatoms. The Morgan fingerprint density at radius 2 is 0.789 bits per heavy atom. The SMILES string of the molecule is c1ccc2c(c1)ccc1c2c2ccccc2n1-c1ccc2c3c4ccccc4ccc3n(-c3nc(-n4c5ccccc5c5ccccc54)c4ccccc4n3)c2c1. The van der Waals surface area contributed by atoms with Crippen LogP contribution >= 0.6 is 0 Å². The minimum absolute atomic E-state index is 0.631. The second kappa shape index (κ2) is 11.4. The molecule has 0 fully saturated rings. The Hall–Kier alpha value is -7.76. The molecule has 0 atom stereocenters. The lowest BCUT2D eigenvalue weighted by Gasteiger charge is -2.14. The van der Waals surface area contributed by atoms with Crippen LogP contribution in [0.3, 0.4) is 0 Å². The number of aromatic nitrogens is 5. The highest BCUT2D eigenvalue weighted by atomic mass is 15.2. The van der Waals surface area contributed by atoms with Gasteiger partial charge in [0.2, 0.25) is 5.95 Å². The first kappa shape index (κ1) is 30.6. The summed E-state index contributed by atoms with van der Waals surface area (Å²) in [4.78, 5) is 11.0. The van der Waals surface area contributed by atoms with Gasteiger partial charge in [-0.2, -0.15) is 4.98 Å². The molecule has 0 N–H and O–H groups in total. The van der Waals surface area contributed by atoms with Gasteiger partial charge in [-0.3, -0.25) is 9.13 Å². The lowest BCUT2D eigenvalue weighted by molar-refractivity contribution is 0.972. The van der Waals surface area contributed by atoms with Crippen LogP contribution in [-0.4, -0.2) is 23.7 Å². The average Bonchev–Trinajstić information content (AvgIpc) is 3.92. The van der Waals surface area contributed by atoms with E-state index in [2.05, 4.69) is 202 Å². The number of hydrogen-bond donors (Lipinski definition) is 0. The van der Waals surface area contributed by atoms with Crippen molar-refractivity contribution in [2.45, 2.75) is 0 Å². The van der Waals surface area contributed by atoms with Crippen molar-refractivity contribution in [1.29, 1.82) is 0 Å². The summed E-state index contributed by atoms with van der Waals surface area (Å²) >= 11 is 0. The van der Waals surface area contributed by atoms with E-state index in [-0.39, 0.29) is 0 Å². The summed E-state index contributed by atoms with van der Waals surface area (Å²) in [5.41, 5.74) is 8.67. The monoisotopic (exact) mass is 725 g/mol. The molecule has 9 aromatic carbocycles. The molecule has 0 unspecified atom stereocenters. The standard InChI is InChI=1S/C52H31N5/c1-3-15-35-32(13-1)25-29-46-49(35)40-20-8-12-24-45(40)55(46)34-27-28-41-48(31-34)57(47-30-26-33-14-2-4-16-36(33)50(41)47)52-53-42-21-9-5-19-39(42)51(54-52)56-43-22-10-6-17-37(43)38-18-7-11-23-44(38)56/h1-31H. The van der Waals surface area contributed by atoms with E-state index >= 15 is 0 Å². The van der Waals surface area contributed by atoms with Crippen LogP contribution in [0.25, 0.3) is 115 Å². The van der Waals surface area contributed by atoms with Crippen molar-refractivity contribution in [2.75, 3.05) is 0 Å². The van der Waals surface area contributed by atoms with E-state index in [9.17, 15) is 0 Å². The maximum Gasteiger partial charge on any atom is 0.237 e. The largest absolute Gasteiger partial charge is 0.309 e. The Balaban J connectivity index is 1.17. The summed E-state index contributed by atoms with van der Waals surface area (Å²) in [6, 6.07) is 67.7. The van der Waals surface area contributed by atoms with Crippen molar-refractivity contribution in [2.24, 2.45) is 0 Å². The van der Waals surface area contributed by atoms with Gasteiger partial charge >= 0.3 is 0 Å². The van der Waals surface area contributed by atoms with Gasteiger partial charge < -0.3 is 4.57 Å². The summed E-state index contributed by atoms with van der Waals surface area (Å²) < 4.78 is 7.02. The number of rotatable bonds is 3. The smallest absolute Gasteiger partial charge is 0.237 e. The Morgan fingerprint density at radius 3 is 1.44 bits per heavy atom. The predicted octanol–water partition coefficient (Wildman–Crippen LogP) is 13.2. The molecule has 0 spiro atoms. The zero-order chi connectivity index (χ0) is 37.2. The zero-order valence-corrected chi connectivity index (χ0v) is 30.6. The second-order valence-corrected chi connectivity index (χ2v) is 15.0. The first-order chi connectivity index (χ1) is 28.3. The lowest BCUT2D eigenvalue weighted by Crippen LogP contribution is -2.07. The van der Waals surface area contributed by atoms with Gasteiger partial charge in [-0.15, -0.1) is 0 Å².